The number of carbonyl (C=O) groups is 3. The summed E-state index contributed by atoms with van der Waals surface area (Å²) in [5.74, 6) is -0.743. The van der Waals surface area contributed by atoms with Gasteiger partial charge in [0.1, 0.15) is 5.01 Å². The summed E-state index contributed by atoms with van der Waals surface area (Å²) in [6.45, 7) is -0.0123. The molecule has 0 saturated heterocycles. The summed E-state index contributed by atoms with van der Waals surface area (Å²) in [4.78, 5) is 38.0. The molecule has 1 aliphatic heterocycles. The molecule has 10 heteroatoms. The molecule has 0 atom stereocenters. The first-order valence-electron chi connectivity index (χ1n) is 8.12. The van der Waals surface area contributed by atoms with Crippen molar-refractivity contribution < 1.29 is 14.4 Å². The van der Waals surface area contributed by atoms with E-state index in [4.69, 9.17) is 11.6 Å². The normalized spacial score (nSPS) is 12.8. The van der Waals surface area contributed by atoms with Gasteiger partial charge in [0.25, 0.3) is 11.8 Å². The summed E-state index contributed by atoms with van der Waals surface area (Å²) in [7, 11) is 0. The van der Waals surface area contributed by atoms with Crippen molar-refractivity contribution in [3.8, 4) is 0 Å². The summed E-state index contributed by atoms with van der Waals surface area (Å²) < 4.78 is 0. The number of anilines is 2. The lowest BCUT2D eigenvalue weighted by atomic mass is 10.1. The molecule has 2 heterocycles. The maximum atomic E-state index is 12.4. The third kappa shape index (κ3) is 3.57. The number of rotatable bonds is 4. The molecule has 3 aromatic rings. The number of halogens is 1. The van der Waals surface area contributed by atoms with Gasteiger partial charge in [-0.1, -0.05) is 41.1 Å². The lowest BCUT2D eigenvalue weighted by Gasteiger charge is -2.10. The van der Waals surface area contributed by atoms with E-state index in [2.05, 4.69) is 20.8 Å². The number of urea groups is 1. The van der Waals surface area contributed by atoms with E-state index < -0.39 is 6.03 Å². The van der Waals surface area contributed by atoms with Gasteiger partial charge in [0.05, 0.1) is 17.7 Å². The first kappa shape index (κ1) is 18.1. The molecule has 8 nitrogen and oxygen atoms in total. The van der Waals surface area contributed by atoms with E-state index in [1.807, 2.05) is 0 Å². The Morgan fingerprint density at radius 1 is 1.00 bits per heavy atom. The Kier molecular flexibility index (Phi) is 4.76. The zero-order valence-corrected chi connectivity index (χ0v) is 15.8. The van der Waals surface area contributed by atoms with Crippen LogP contribution in [-0.2, 0) is 6.54 Å². The third-order valence-corrected chi connectivity index (χ3v) is 5.00. The van der Waals surface area contributed by atoms with Crippen molar-refractivity contribution in [1.82, 2.24) is 15.1 Å². The minimum atomic E-state index is -0.509. The number of hydrogen-bond acceptors (Lipinski definition) is 6. The molecule has 0 spiro atoms. The van der Waals surface area contributed by atoms with Crippen molar-refractivity contribution in [1.29, 1.82) is 0 Å². The van der Waals surface area contributed by atoms with Gasteiger partial charge in [0.15, 0.2) is 0 Å². The summed E-state index contributed by atoms with van der Waals surface area (Å²) >= 11 is 6.96. The van der Waals surface area contributed by atoms with Crippen LogP contribution in [0.4, 0.5) is 15.6 Å². The average molecular weight is 414 g/mol. The van der Waals surface area contributed by atoms with E-state index in [9.17, 15) is 14.4 Å². The van der Waals surface area contributed by atoms with Crippen molar-refractivity contribution >= 4 is 51.6 Å². The van der Waals surface area contributed by atoms with Crippen LogP contribution in [0.5, 0.6) is 0 Å². The average Bonchev–Trinajstić information content (AvgIpc) is 3.20. The highest BCUT2D eigenvalue weighted by Crippen LogP contribution is 2.26. The number of benzene rings is 2. The highest BCUT2D eigenvalue weighted by atomic mass is 35.5. The van der Waals surface area contributed by atoms with Gasteiger partial charge in [-0.15, -0.1) is 10.2 Å². The summed E-state index contributed by atoms with van der Waals surface area (Å²) in [5.41, 5.74) is 1.27. The van der Waals surface area contributed by atoms with Crippen LogP contribution in [0.3, 0.4) is 0 Å². The van der Waals surface area contributed by atoms with Gasteiger partial charge < -0.3 is 5.32 Å². The minimum absolute atomic E-state index is 0.0123. The van der Waals surface area contributed by atoms with Crippen LogP contribution in [0.1, 0.15) is 25.7 Å². The number of nitrogens with zero attached hydrogens (tertiary/aromatic N) is 3. The van der Waals surface area contributed by atoms with E-state index in [0.717, 1.165) is 16.2 Å². The fourth-order valence-corrected chi connectivity index (χ4v) is 3.63. The second-order valence-corrected chi connectivity index (χ2v) is 7.33. The Labute approximate surface area is 168 Å². The number of carbonyl (C=O) groups excluding carboxylic acids is 3. The molecule has 140 valence electrons. The van der Waals surface area contributed by atoms with Gasteiger partial charge in [0.2, 0.25) is 5.13 Å². The largest absolute Gasteiger partial charge is 0.325 e. The molecule has 2 aromatic carbocycles. The first-order valence-corrected chi connectivity index (χ1v) is 9.32. The van der Waals surface area contributed by atoms with Crippen molar-refractivity contribution in [2.45, 2.75) is 6.54 Å². The fourth-order valence-electron chi connectivity index (χ4n) is 2.71. The van der Waals surface area contributed by atoms with Crippen molar-refractivity contribution in [2.24, 2.45) is 0 Å². The van der Waals surface area contributed by atoms with E-state index >= 15 is 0 Å². The maximum absolute atomic E-state index is 12.4. The fraction of sp³-hybridized carbons (Fsp3) is 0.0556. The Morgan fingerprint density at radius 3 is 2.39 bits per heavy atom. The molecule has 0 saturated carbocycles. The van der Waals surface area contributed by atoms with Crippen LogP contribution in [0.15, 0.2) is 48.5 Å². The number of amides is 4. The van der Waals surface area contributed by atoms with Crippen LogP contribution in [0.25, 0.3) is 0 Å². The lowest BCUT2D eigenvalue weighted by molar-refractivity contribution is 0.0642. The predicted molar refractivity (Wildman–Crippen MR) is 105 cm³/mol. The molecule has 0 radical (unpaired) electrons. The van der Waals surface area contributed by atoms with Gasteiger partial charge in [-0.25, -0.2) is 4.79 Å². The van der Waals surface area contributed by atoms with Crippen LogP contribution < -0.4 is 10.6 Å². The molecular weight excluding hydrogens is 402 g/mol. The maximum Gasteiger partial charge on any atom is 0.325 e. The molecular formula is C18H12ClN5O3S. The second kappa shape index (κ2) is 7.37. The highest BCUT2D eigenvalue weighted by Gasteiger charge is 2.35. The van der Waals surface area contributed by atoms with E-state index in [0.29, 0.717) is 26.8 Å². The summed E-state index contributed by atoms with van der Waals surface area (Å²) in [5, 5.41) is 14.2. The minimum Gasteiger partial charge on any atom is -0.308 e. The molecule has 1 aliphatic rings. The van der Waals surface area contributed by atoms with Gasteiger partial charge in [0, 0.05) is 10.7 Å². The molecule has 4 rings (SSSR count). The van der Waals surface area contributed by atoms with Crippen molar-refractivity contribution in [3.63, 3.8) is 0 Å². The first-order chi connectivity index (χ1) is 13.5. The number of hydrogen-bond donors (Lipinski definition) is 2. The zero-order chi connectivity index (χ0) is 19.7. The molecule has 0 fully saturated rings. The highest BCUT2D eigenvalue weighted by molar-refractivity contribution is 7.15. The molecule has 4 amide bonds. The predicted octanol–water partition coefficient (Wildman–Crippen LogP) is 3.63. The topological polar surface area (TPSA) is 104 Å². The molecule has 0 bridgehead atoms. The van der Waals surface area contributed by atoms with Crippen LogP contribution in [0.2, 0.25) is 5.02 Å². The molecule has 0 unspecified atom stereocenters. The van der Waals surface area contributed by atoms with Crippen LogP contribution in [0, 0.1) is 0 Å². The van der Waals surface area contributed by atoms with Gasteiger partial charge >= 0.3 is 6.03 Å². The molecule has 0 aliphatic carbocycles. The molecule has 1 aromatic heterocycles. The second-order valence-electron chi connectivity index (χ2n) is 5.83. The number of aromatic nitrogens is 2. The summed E-state index contributed by atoms with van der Waals surface area (Å²) in [6, 6.07) is 12.8. The number of imide groups is 1. The summed E-state index contributed by atoms with van der Waals surface area (Å²) in [6.07, 6.45) is 0. The van der Waals surface area contributed by atoms with E-state index in [1.165, 1.54) is 0 Å². The standard InChI is InChI=1S/C18H12ClN5O3S/c19-10-4-3-5-11(8-10)20-17(27)21-18-23-22-14(28-18)9-24-15(25)12-6-1-2-7-13(12)16(24)26/h1-8H,9H2,(H2,20,21,23,27). The Morgan fingerprint density at radius 2 is 1.71 bits per heavy atom. The number of nitrogens with one attached hydrogen (secondary N) is 2. The monoisotopic (exact) mass is 413 g/mol. The quantitative estimate of drug-likeness (QED) is 0.635. The number of fused-ring (bicyclic) bond motifs is 1. The SMILES string of the molecule is O=C(Nc1cccc(Cl)c1)Nc1nnc(CN2C(=O)c3ccccc3C2=O)s1. The Bertz CT molecular complexity index is 1070. The van der Waals surface area contributed by atoms with Crippen molar-refractivity contribution in [3.05, 3.63) is 69.7 Å². The molecule has 28 heavy (non-hydrogen) atoms. The van der Waals surface area contributed by atoms with E-state index in [-0.39, 0.29) is 23.5 Å². The van der Waals surface area contributed by atoms with Crippen LogP contribution >= 0.6 is 22.9 Å². The van der Waals surface area contributed by atoms with E-state index in [1.54, 1.807) is 48.5 Å². The Hall–Kier alpha value is -3.30. The van der Waals surface area contributed by atoms with Gasteiger partial charge in [-0.3, -0.25) is 19.8 Å². The van der Waals surface area contributed by atoms with Gasteiger partial charge in [-0.05, 0) is 30.3 Å². The smallest absolute Gasteiger partial charge is 0.308 e. The van der Waals surface area contributed by atoms with Crippen LogP contribution in [-0.4, -0.2) is 32.9 Å². The zero-order valence-electron chi connectivity index (χ0n) is 14.2. The third-order valence-electron chi connectivity index (χ3n) is 3.94. The molecule has 2 N–H and O–H groups in total. The van der Waals surface area contributed by atoms with Crippen molar-refractivity contribution in [2.75, 3.05) is 10.6 Å². The Balaban J connectivity index is 1.40. The van der Waals surface area contributed by atoms with Gasteiger partial charge in [-0.2, -0.15) is 0 Å². The lowest BCUT2D eigenvalue weighted by Crippen LogP contribution is -2.29.